The third-order valence-electron chi connectivity index (χ3n) is 8.27. The minimum absolute atomic E-state index is 0.0706. The summed E-state index contributed by atoms with van der Waals surface area (Å²) in [5.41, 5.74) is 7.82. The smallest absolute Gasteiger partial charge is 0.246 e. The number of nitrogens with two attached hydrogens (primary N) is 1. The van der Waals surface area contributed by atoms with Gasteiger partial charge in [0.1, 0.15) is 12.1 Å². The number of hydrogen-bond acceptors (Lipinski definition) is 3. The molecule has 1 heterocycles. The summed E-state index contributed by atoms with van der Waals surface area (Å²) >= 11 is 0. The predicted molar refractivity (Wildman–Crippen MR) is 164 cm³/mol. The van der Waals surface area contributed by atoms with Crippen LogP contribution < -0.4 is 5.73 Å². The van der Waals surface area contributed by atoms with Gasteiger partial charge in [-0.3, -0.25) is 14.4 Å². The molecule has 0 aromatic heterocycles. The van der Waals surface area contributed by atoms with E-state index in [1.807, 2.05) is 79.7 Å². The van der Waals surface area contributed by atoms with Crippen molar-refractivity contribution in [3.63, 3.8) is 0 Å². The normalized spacial score (nSPS) is 18.6. The Labute approximate surface area is 242 Å². The van der Waals surface area contributed by atoms with Gasteiger partial charge >= 0.3 is 0 Å². The molecule has 0 aliphatic carbocycles. The number of carbonyl (C=O) groups is 3. The molecular weight excluding hydrogens is 510 g/mol. The van der Waals surface area contributed by atoms with Crippen LogP contribution in [0.2, 0.25) is 0 Å². The number of fused-ring (bicyclic) bond motifs is 2. The van der Waals surface area contributed by atoms with Gasteiger partial charge in [0.05, 0.1) is 6.42 Å². The molecule has 5 rings (SSSR count). The molecule has 212 valence electrons. The second-order valence-corrected chi connectivity index (χ2v) is 11.8. The van der Waals surface area contributed by atoms with Crippen LogP contribution in [0.1, 0.15) is 44.7 Å². The van der Waals surface area contributed by atoms with E-state index in [-0.39, 0.29) is 30.2 Å². The summed E-state index contributed by atoms with van der Waals surface area (Å²) in [6.45, 7) is 6.49. The third-order valence-corrected chi connectivity index (χ3v) is 8.27. The number of nitrogens with zero attached hydrogens (tertiary/aromatic N) is 2. The molecule has 1 fully saturated rings. The van der Waals surface area contributed by atoms with Gasteiger partial charge in [0.2, 0.25) is 17.7 Å². The molecule has 1 saturated heterocycles. The topological polar surface area (TPSA) is 83.7 Å². The van der Waals surface area contributed by atoms with Crippen LogP contribution in [0.5, 0.6) is 0 Å². The van der Waals surface area contributed by atoms with Gasteiger partial charge in [0.15, 0.2) is 0 Å². The van der Waals surface area contributed by atoms with Crippen molar-refractivity contribution in [2.75, 3.05) is 6.54 Å². The van der Waals surface area contributed by atoms with Gasteiger partial charge in [-0.2, -0.15) is 0 Å². The van der Waals surface area contributed by atoms with Gasteiger partial charge in [-0.05, 0) is 58.4 Å². The molecule has 41 heavy (non-hydrogen) atoms. The first-order chi connectivity index (χ1) is 19.7. The average Bonchev–Trinajstić information content (AvgIpc) is 3.06. The van der Waals surface area contributed by atoms with Crippen molar-refractivity contribution in [2.24, 2.45) is 11.7 Å². The Hall–Kier alpha value is -4.19. The Morgan fingerprint density at radius 1 is 0.854 bits per heavy atom. The molecule has 6 nitrogen and oxygen atoms in total. The zero-order valence-corrected chi connectivity index (χ0v) is 24.1. The van der Waals surface area contributed by atoms with Crippen LogP contribution in [0.3, 0.4) is 0 Å². The highest BCUT2D eigenvalue weighted by atomic mass is 16.2. The summed E-state index contributed by atoms with van der Waals surface area (Å²) in [6, 6.07) is 26.7. The number of benzene rings is 4. The van der Waals surface area contributed by atoms with Crippen molar-refractivity contribution >= 4 is 39.3 Å². The molecular formula is C35H39N3O3. The van der Waals surface area contributed by atoms with Crippen molar-refractivity contribution < 1.29 is 14.4 Å². The highest BCUT2D eigenvalue weighted by Crippen LogP contribution is 2.27. The van der Waals surface area contributed by atoms with Crippen molar-refractivity contribution in [3.05, 3.63) is 96.1 Å². The Balaban J connectivity index is 1.42. The quantitative estimate of drug-likeness (QED) is 0.315. The van der Waals surface area contributed by atoms with Crippen LogP contribution in [0.15, 0.2) is 84.9 Å². The molecule has 0 bridgehead atoms. The van der Waals surface area contributed by atoms with E-state index in [2.05, 4.69) is 26.0 Å². The Morgan fingerprint density at radius 2 is 1.41 bits per heavy atom. The maximum Gasteiger partial charge on any atom is 0.246 e. The van der Waals surface area contributed by atoms with Gasteiger partial charge in [-0.15, -0.1) is 0 Å². The van der Waals surface area contributed by atoms with E-state index in [1.165, 1.54) is 0 Å². The van der Waals surface area contributed by atoms with Gasteiger partial charge in [-0.1, -0.05) is 98.8 Å². The monoisotopic (exact) mass is 549 g/mol. The Bertz CT molecular complexity index is 1580. The Morgan fingerprint density at radius 3 is 2.00 bits per heavy atom. The lowest BCUT2D eigenvalue weighted by atomic mass is 9.97. The highest BCUT2D eigenvalue weighted by Gasteiger charge is 2.42. The lowest BCUT2D eigenvalue weighted by Crippen LogP contribution is -2.56. The van der Waals surface area contributed by atoms with Crippen molar-refractivity contribution in [1.29, 1.82) is 0 Å². The fourth-order valence-corrected chi connectivity index (χ4v) is 6.15. The van der Waals surface area contributed by atoms with E-state index < -0.39 is 18.0 Å². The number of rotatable bonds is 8. The summed E-state index contributed by atoms with van der Waals surface area (Å²) < 4.78 is 0. The first-order valence-electron chi connectivity index (χ1n) is 14.6. The predicted octanol–water partition coefficient (Wildman–Crippen LogP) is 5.50. The minimum atomic E-state index is -0.791. The molecule has 1 aliphatic rings. The van der Waals surface area contributed by atoms with Gasteiger partial charge in [-0.25, -0.2) is 0 Å². The number of primary amides is 1. The van der Waals surface area contributed by atoms with Gasteiger partial charge < -0.3 is 15.5 Å². The van der Waals surface area contributed by atoms with E-state index in [9.17, 15) is 14.4 Å². The summed E-state index contributed by atoms with van der Waals surface area (Å²) in [5, 5.41) is 4.40. The van der Waals surface area contributed by atoms with E-state index in [1.54, 1.807) is 9.80 Å². The molecule has 1 aliphatic heterocycles. The zero-order valence-electron chi connectivity index (χ0n) is 24.1. The van der Waals surface area contributed by atoms with E-state index in [0.717, 1.165) is 32.7 Å². The van der Waals surface area contributed by atoms with Crippen LogP contribution >= 0.6 is 0 Å². The SMILES string of the molecule is CC(C)CC1C(=O)N(C(Cc2ccc3ccccc3c2)C(N)=O)CCC(C)N1C(=O)Cc1ccc2ccccc2c1. The molecule has 0 radical (unpaired) electrons. The summed E-state index contributed by atoms with van der Waals surface area (Å²) in [5.74, 6) is -0.615. The zero-order chi connectivity index (χ0) is 29.1. The lowest BCUT2D eigenvalue weighted by Gasteiger charge is -2.36. The second kappa shape index (κ2) is 12.1. The van der Waals surface area contributed by atoms with Crippen molar-refractivity contribution in [2.45, 2.75) is 64.6 Å². The highest BCUT2D eigenvalue weighted by molar-refractivity contribution is 5.93. The molecule has 4 aromatic carbocycles. The van der Waals surface area contributed by atoms with E-state index >= 15 is 0 Å². The fraction of sp³-hybridized carbons (Fsp3) is 0.343. The molecule has 0 saturated carbocycles. The molecule has 3 amide bonds. The lowest BCUT2D eigenvalue weighted by molar-refractivity contribution is -0.148. The fourth-order valence-electron chi connectivity index (χ4n) is 6.15. The summed E-state index contributed by atoms with van der Waals surface area (Å²) in [7, 11) is 0. The van der Waals surface area contributed by atoms with Crippen LogP contribution in [-0.4, -0.2) is 52.2 Å². The van der Waals surface area contributed by atoms with Crippen LogP contribution in [0.4, 0.5) is 0 Å². The first-order valence-corrected chi connectivity index (χ1v) is 14.6. The summed E-state index contributed by atoms with van der Waals surface area (Å²) in [6.07, 6.45) is 1.64. The largest absolute Gasteiger partial charge is 0.368 e. The average molecular weight is 550 g/mol. The van der Waals surface area contributed by atoms with Crippen molar-refractivity contribution in [3.8, 4) is 0 Å². The van der Waals surface area contributed by atoms with E-state index in [0.29, 0.717) is 25.8 Å². The second-order valence-electron chi connectivity index (χ2n) is 11.8. The van der Waals surface area contributed by atoms with Gasteiger partial charge in [0.25, 0.3) is 0 Å². The van der Waals surface area contributed by atoms with E-state index in [4.69, 9.17) is 5.73 Å². The minimum Gasteiger partial charge on any atom is -0.368 e. The number of amides is 3. The van der Waals surface area contributed by atoms with Crippen LogP contribution in [-0.2, 0) is 27.2 Å². The van der Waals surface area contributed by atoms with Gasteiger partial charge in [0, 0.05) is 19.0 Å². The molecule has 4 aromatic rings. The standard InChI is InChI=1S/C35H39N3O3/c1-23(2)18-32-35(41)37(31(34(36)40)21-25-12-14-27-8-4-6-10-29(27)19-25)17-16-24(3)38(32)33(39)22-26-13-15-28-9-5-7-11-30(28)20-26/h4-15,19-20,23-24,31-32H,16-18,21-22H2,1-3H3,(H2,36,40). The van der Waals surface area contributed by atoms with Crippen LogP contribution in [0.25, 0.3) is 21.5 Å². The molecule has 3 unspecified atom stereocenters. The molecule has 0 spiro atoms. The molecule has 2 N–H and O–H groups in total. The van der Waals surface area contributed by atoms with Crippen molar-refractivity contribution in [1.82, 2.24) is 9.80 Å². The third kappa shape index (κ3) is 6.27. The molecule has 3 atom stereocenters. The summed E-state index contributed by atoms with van der Waals surface area (Å²) in [4.78, 5) is 44.4. The molecule has 6 heteroatoms. The Kier molecular flexibility index (Phi) is 8.39. The maximum atomic E-state index is 14.2. The number of carbonyl (C=O) groups excluding carboxylic acids is 3. The maximum absolute atomic E-state index is 14.2. The number of hydrogen-bond donors (Lipinski definition) is 1. The van der Waals surface area contributed by atoms with Crippen LogP contribution in [0, 0.1) is 5.92 Å². The first kappa shape index (κ1) is 28.3.